The maximum atomic E-state index is 13.4. The van der Waals surface area contributed by atoms with Crippen molar-refractivity contribution in [2.45, 2.75) is 32.0 Å². The van der Waals surface area contributed by atoms with Gasteiger partial charge in [-0.3, -0.25) is 0 Å². The first-order valence-electron chi connectivity index (χ1n) is 5.70. The van der Waals surface area contributed by atoms with E-state index < -0.39 is 0 Å². The van der Waals surface area contributed by atoms with Crippen molar-refractivity contribution in [2.75, 3.05) is 0 Å². The highest BCUT2D eigenvalue weighted by atomic mass is 35.5. The second-order valence-electron chi connectivity index (χ2n) is 4.34. The van der Waals surface area contributed by atoms with E-state index in [-0.39, 0.29) is 24.4 Å². The van der Waals surface area contributed by atoms with E-state index in [0.29, 0.717) is 10.6 Å². The van der Waals surface area contributed by atoms with Crippen molar-refractivity contribution in [2.24, 2.45) is 5.92 Å². The van der Waals surface area contributed by atoms with E-state index in [9.17, 15) is 9.18 Å². The zero-order valence-corrected chi connectivity index (χ0v) is 10.1. The van der Waals surface area contributed by atoms with E-state index in [1.54, 1.807) is 12.1 Å². The third-order valence-corrected chi connectivity index (χ3v) is 3.50. The molecule has 2 nitrogen and oxygen atoms in total. The van der Waals surface area contributed by atoms with E-state index in [0.717, 1.165) is 25.5 Å². The molecule has 0 unspecified atom stereocenters. The van der Waals surface area contributed by atoms with Crippen LogP contribution in [0.15, 0.2) is 18.2 Å². The molecule has 1 aliphatic carbocycles. The Morgan fingerprint density at radius 2 is 2.29 bits per heavy atom. The van der Waals surface area contributed by atoms with E-state index in [1.165, 1.54) is 6.07 Å². The number of hydrogen-bond donors (Lipinski definition) is 0. The summed E-state index contributed by atoms with van der Waals surface area (Å²) in [6.45, 7) is 0.168. The zero-order valence-electron chi connectivity index (χ0n) is 9.36. The van der Waals surface area contributed by atoms with Gasteiger partial charge in [0.1, 0.15) is 12.1 Å². The number of rotatable bonds is 4. The van der Waals surface area contributed by atoms with Crippen LogP contribution in [0.4, 0.5) is 4.39 Å². The molecule has 0 saturated heterocycles. The summed E-state index contributed by atoms with van der Waals surface area (Å²) in [6.07, 6.45) is 3.46. The standard InChI is InChI=1S/C13H14ClFO2/c14-12-2-1-3-13(15)11(12)8-17-10-5-4-9(6-10)7-16/h1-3,7,9-10H,4-6,8H2/t9-,10+/m0/s1. The smallest absolute Gasteiger partial charge is 0.130 e. The summed E-state index contributed by atoms with van der Waals surface area (Å²) in [6, 6.07) is 4.58. The molecule has 0 N–H and O–H groups in total. The highest BCUT2D eigenvalue weighted by Crippen LogP contribution is 2.28. The van der Waals surface area contributed by atoms with Crippen molar-refractivity contribution in [1.82, 2.24) is 0 Å². The molecule has 0 radical (unpaired) electrons. The van der Waals surface area contributed by atoms with Crippen LogP contribution in [0.2, 0.25) is 5.02 Å². The molecule has 0 spiro atoms. The SMILES string of the molecule is O=C[C@H]1CC[C@@H](OCc2c(F)cccc2Cl)C1. The second kappa shape index (κ2) is 5.61. The van der Waals surface area contributed by atoms with Gasteiger partial charge < -0.3 is 9.53 Å². The Bertz CT molecular complexity index is 388. The minimum atomic E-state index is -0.345. The Labute approximate surface area is 105 Å². The molecule has 1 fully saturated rings. The van der Waals surface area contributed by atoms with Crippen LogP contribution in [0.5, 0.6) is 0 Å². The lowest BCUT2D eigenvalue weighted by Crippen LogP contribution is -2.10. The molecule has 1 saturated carbocycles. The van der Waals surface area contributed by atoms with Crippen molar-refractivity contribution in [3.05, 3.63) is 34.6 Å². The Hall–Kier alpha value is -0.930. The topological polar surface area (TPSA) is 26.3 Å². The molecule has 2 rings (SSSR count). The first-order valence-corrected chi connectivity index (χ1v) is 6.08. The number of hydrogen-bond acceptors (Lipinski definition) is 2. The Balaban J connectivity index is 1.92. The van der Waals surface area contributed by atoms with Crippen molar-refractivity contribution >= 4 is 17.9 Å². The first kappa shape index (κ1) is 12.5. The largest absolute Gasteiger partial charge is 0.373 e. The van der Waals surface area contributed by atoms with Crippen molar-refractivity contribution in [1.29, 1.82) is 0 Å². The van der Waals surface area contributed by atoms with Crippen LogP contribution in [-0.2, 0) is 16.1 Å². The fourth-order valence-corrected chi connectivity index (χ4v) is 2.34. The number of carbonyl (C=O) groups is 1. The average molecular weight is 257 g/mol. The third kappa shape index (κ3) is 3.05. The summed E-state index contributed by atoms with van der Waals surface area (Å²) < 4.78 is 19.0. The molecule has 2 atom stereocenters. The number of halogens is 2. The summed E-state index contributed by atoms with van der Waals surface area (Å²) in [5.74, 6) is -0.251. The lowest BCUT2D eigenvalue weighted by atomic mass is 10.1. The van der Waals surface area contributed by atoms with Gasteiger partial charge in [0, 0.05) is 16.5 Å². The van der Waals surface area contributed by atoms with Gasteiger partial charge in [0.05, 0.1) is 12.7 Å². The molecule has 0 heterocycles. The fraction of sp³-hybridized carbons (Fsp3) is 0.462. The van der Waals surface area contributed by atoms with Gasteiger partial charge in [-0.1, -0.05) is 17.7 Å². The van der Waals surface area contributed by atoms with Crippen LogP contribution in [0.3, 0.4) is 0 Å². The molecular formula is C13H14ClFO2. The lowest BCUT2D eigenvalue weighted by Gasteiger charge is -2.12. The van der Waals surface area contributed by atoms with Crippen molar-refractivity contribution in [3.8, 4) is 0 Å². The maximum absolute atomic E-state index is 13.4. The minimum Gasteiger partial charge on any atom is -0.373 e. The van der Waals surface area contributed by atoms with Crippen LogP contribution in [-0.4, -0.2) is 12.4 Å². The molecule has 0 aromatic heterocycles. The normalized spacial score (nSPS) is 23.9. The van der Waals surface area contributed by atoms with Crippen LogP contribution in [0.25, 0.3) is 0 Å². The highest BCUT2D eigenvalue weighted by Gasteiger charge is 2.25. The minimum absolute atomic E-state index is 0.0425. The molecule has 0 amide bonds. The van der Waals surface area contributed by atoms with Crippen molar-refractivity contribution in [3.63, 3.8) is 0 Å². The monoisotopic (exact) mass is 256 g/mol. The number of aldehydes is 1. The van der Waals surface area contributed by atoms with Gasteiger partial charge in [0.25, 0.3) is 0 Å². The number of carbonyl (C=O) groups excluding carboxylic acids is 1. The van der Waals surface area contributed by atoms with E-state index >= 15 is 0 Å². The molecule has 1 aromatic carbocycles. The molecular weight excluding hydrogens is 243 g/mol. The third-order valence-electron chi connectivity index (χ3n) is 3.14. The summed E-state index contributed by atoms with van der Waals surface area (Å²) in [5, 5.41) is 0.384. The molecule has 4 heteroatoms. The van der Waals surface area contributed by atoms with Crippen molar-refractivity contribution < 1.29 is 13.9 Å². The molecule has 0 bridgehead atoms. The molecule has 1 aromatic rings. The van der Waals surface area contributed by atoms with Crippen LogP contribution in [0, 0.1) is 11.7 Å². The van der Waals surface area contributed by atoms with Gasteiger partial charge in [-0.05, 0) is 31.4 Å². The van der Waals surface area contributed by atoms with Gasteiger partial charge in [-0.25, -0.2) is 4.39 Å². The molecule has 1 aliphatic rings. The van der Waals surface area contributed by atoms with Gasteiger partial charge in [-0.2, -0.15) is 0 Å². The Kier molecular flexibility index (Phi) is 4.13. The predicted octanol–water partition coefficient (Wildman–Crippen LogP) is 3.36. The lowest BCUT2D eigenvalue weighted by molar-refractivity contribution is -0.111. The molecule has 92 valence electrons. The van der Waals surface area contributed by atoms with Gasteiger partial charge in [0.2, 0.25) is 0 Å². The predicted molar refractivity (Wildman–Crippen MR) is 63.4 cm³/mol. The zero-order chi connectivity index (χ0) is 12.3. The van der Waals surface area contributed by atoms with E-state index in [1.807, 2.05) is 0 Å². The quantitative estimate of drug-likeness (QED) is 0.772. The summed E-state index contributed by atoms with van der Waals surface area (Å²) in [4.78, 5) is 10.6. The highest BCUT2D eigenvalue weighted by molar-refractivity contribution is 6.31. The van der Waals surface area contributed by atoms with E-state index in [2.05, 4.69) is 0 Å². The summed E-state index contributed by atoms with van der Waals surface area (Å²) in [7, 11) is 0. The Morgan fingerprint density at radius 1 is 1.47 bits per heavy atom. The van der Waals surface area contributed by atoms with Crippen LogP contribution in [0.1, 0.15) is 24.8 Å². The van der Waals surface area contributed by atoms with Gasteiger partial charge in [-0.15, -0.1) is 0 Å². The van der Waals surface area contributed by atoms with Crippen LogP contribution >= 0.6 is 11.6 Å². The molecule has 0 aliphatic heterocycles. The number of ether oxygens (including phenoxy) is 1. The maximum Gasteiger partial charge on any atom is 0.130 e. The summed E-state index contributed by atoms with van der Waals surface area (Å²) in [5.41, 5.74) is 0.392. The van der Waals surface area contributed by atoms with Gasteiger partial charge in [0.15, 0.2) is 0 Å². The van der Waals surface area contributed by atoms with E-state index in [4.69, 9.17) is 16.3 Å². The average Bonchev–Trinajstić information content (AvgIpc) is 2.76. The summed E-state index contributed by atoms with van der Waals surface area (Å²) >= 11 is 5.89. The Morgan fingerprint density at radius 3 is 2.94 bits per heavy atom. The number of benzene rings is 1. The van der Waals surface area contributed by atoms with Crippen LogP contribution < -0.4 is 0 Å². The molecule has 17 heavy (non-hydrogen) atoms. The fourth-order valence-electron chi connectivity index (χ4n) is 2.12. The van der Waals surface area contributed by atoms with Gasteiger partial charge >= 0.3 is 0 Å². The first-order chi connectivity index (χ1) is 8.20. The second-order valence-corrected chi connectivity index (χ2v) is 4.75.